The second-order valence-corrected chi connectivity index (χ2v) is 7.70. The lowest BCUT2D eigenvalue weighted by Gasteiger charge is -2.20. The van der Waals surface area contributed by atoms with Gasteiger partial charge >= 0.3 is 0 Å². The lowest BCUT2D eigenvalue weighted by atomic mass is 10.1. The fourth-order valence-electron chi connectivity index (χ4n) is 3.81. The van der Waals surface area contributed by atoms with E-state index in [-0.39, 0.29) is 11.7 Å². The molecular weight excluding hydrogens is 388 g/mol. The smallest absolute Gasteiger partial charge is 0.259 e. The summed E-state index contributed by atoms with van der Waals surface area (Å²) in [6.07, 6.45) is 2.32. The van der Waals surface area contributed by atoms with Crippen LogP contribution in [0.3, 0.4) is 0 Å². The van der Waals surface area contributed by atoms with Crippen LogP contribution in [0.15, 0.2) is 72.8 Å². The number of carbonyl (C=O) groups excluding carboxylic acids is 2. The van der Waals surface area contributed by atoms with E-state index < -0.39 is 0 Å². The maximum Gasteiger partial charge on any atom is 0.259 e. The fourth-order valence-corrected chi connectivity index (χ4v) is 3.81. The van der Waals surface area contributed by atoms with Gasteiger partial charge in [0.2, 0.25) is 0 Å². The predicted octanol–water partition coefficient (Wildman–Crippen LogP) is 5.32. The van der Waals surface area contributed by atoms with Crippen LogP contribution in [0.5, 0.6) is 5.75 Å². The second-order valence-electron chi connectivity index (χ2n) is 7.70. The molecule has 31 heavy (non-hydrogen) atoms. The summed E-state index contributed by atoms with van der Waals surface area (Å²) in [5.74, 6) is 0.118. The number of hydrogen-bond acceptors (Lipinski definition) is 4. The Morgan fingerprint density at radius 2 is 1.61 bits per heavy atom. The molecule has 1 saturated heterocycles. The number of nitrogens with one attached hydrogen (secondary N) is 1. The molecule has 0 saturated carbocycles. The highest BCUT2D eigenvalue weighted by Crippen LogP contribution is 2.28. The summed E-state index contributed by atoms with van der Waals surface area (Å²) in [7, 11) is 0. The van der Waals surface area contributed by atoms with Crippen LogP contribution in [0, 0.1) is 0 Å². The third-order valence-corrected chi connectivity index (χ3v) is 5.47. The quantitative estimate of drug-likeness (QED) is 0.532. The Morgan fingerprint density at radius 3 is 2.35 bits per heavy atom. The molecule has 1 fully saturated rings. The van der Waals surface area contributed by atoms with Crippen LogP contribution >= 0.6 is 0 Å². The number of Topliss-reactive ketones (excluding diaryl/α,β-unsaturated/α-hetero) is 1. The molecule has 0 spiro atoms. The van der Waals surface area contributed by atoms with Crippen LogP contribution in [-0.2, 0) is 6.61 Å². The highest BCUT2D eigenvalue weighted by molar-refractivity contribution is 6.10. The van der Waals surface area contributed by atoms with Gasteiger partial charge in [0.05, 0.1) is 11.3 Å². The molecule has 0 unspecified atom stereocenters. The maximum atomic E-state index is 13.0. The van der Waals surface area contributed by atoms with Crippen molar-refractivity contribution >= 4 is 23.1 Å². The van der Waals surface area contributed by atoms with Gasteiger partial charge in [-0.2, -0.15) is 0 Å². The number of nitrogens with zero attached hydrogens (tertiary/aromatic N) is 1. The van der Waals surface area contributed by atoms with E-state index >= 15 is 0 Å². The number of para-hydroxylation sites is 1. The highest BCUT2D eigenvalue weighted by Gasteiger charge is 2.18. The molecule has 1 heterocycles. The first-order valence-electron chi connectivity index (χ1n) is 10.6. The van der Waals surface area contributed by atoms with Crippen molar-refractivity contribution < 1.29 is 14.3 Å². The highest BCUT2D eigenvalue weighted by atomic mass is 16.5. The van der Waals surface area contributed by atoms with Crippen LogP contribution in [0.1, 0.15) is 46.0 Å². The minimum absolute atomic E-state index is 0.0787. The largest absolute Gasteiger partial charge is 0.488 e. The standard InChI is InChI=1S/C26H26N2O3/c1-19(29)23-17-21(28-15-7-8-16-28)13-14-24(23)27-26(30)22-11-5-6-12-25(22)31-18-20-9-3-2-4-10-20/h2-6,9-14,17H,7-8,15-16,18H2,1H3,(H,27,30). The number of ether oxygens (including phenoxy) is 1. The molecule has 5 nitrogen and oxygen atoms in total. The SMILES string of the molecule is CC(=O)c1cc(N2CCCC2)ccc1NC(=O)c1ccccc1OCc1ccccc1. The minimum atomic E-state index is -0.305. The molecule has 5 heteroatoms. The van der Waals surface area contributed by atoms with Gasteiger partial charge in [-0.3, -0.25) is 9.59 Å². The number of hydrogen-bond donors (Lipinski definition) is 1. The Bertz CT molecular complexity index is 1070. The average Bonchev–Trinajstić information content (AvgIpc) is 3.33. The van der Waals surface area contributed by atoms with Gasteiger partial charge in [0, 0.05) is 24.3 Å². The minimum Gasteiger partial charge on any atom is -0.488 e. The number of benzene rings is 3. The summed E-state index contributed by atoms with van der Waals surface area (Å²) >= 11 is 0. The van der Waals surface area contributed by atoms with E-state index in [2.05, 4.69) is 10.2 Å². The summed E-state index contributed by atoms with van der Waals surface area (Å²) < 4.78 is 5.91. The number of rotatable bonds is 7. The Hall–Kier alpha value is -3.60. The van der Waals surface area contributed by atoms with Gasteiger partial charge in [0.25, 0.3) is 5.91 Å². The molecule has 1 aliphatic heterocycles. The molecule has 0 aromatic heterocycles. The van der Waals surface area contributed by atoms with Gasteiger partial charge in [-0.25, -0.2) is 0 Å². The van der Waals surface area contributed by atoms with E-state index in [1.165, 1.54) is 6.92 Å². The van der Waals surface area contributed by atoms with Gasteiger partial charge in [-0.15, -0.1) is 0 Å². The Morgan fingerprint density at radius 1 is 0.903 bits per heavy atom. The van der Waals surface area contributed by atoms with Gasteiger partial charge in [0.15, 0.2) is 5.78 Å². The first-order chi connectivity index (χ1) is 15.1. The van der Waals surface area contributed by atoms with Gasteiger partial charge < -0.3 is 15.0 Å². The van der Waals surface area contributed by atoms with Crippen LogP contribution in [0.4, 0.5) is 11.4 Å². The molecule has 0 atom stereocenters. The molecule has 1 N–H and O–H groups in total. The molecule has 0 bridgehead atoms. The molecule has 0 aliphatic carbocycles. The van der Waals surface area contributed by atoms with E-state index in [1.807, 2.05) is 54.6 Å². The molecule has 1 amide bonds. The van der Waals surface area contributed by atoms with Crippen molar-refractivity contribution in [2.45, 2.75) is 26.4 Å². The summed E-state index contributed by atoms with van der Waals surface area (Å²) in [5, 5.41) is 2.91. The lowest BCUT2D eigenvalue weighted by Crippen LogP contribution is -2.19. The molecule has 1 aliphatic rings. The van der Waals surface area contributed by atoms with Crippen molar-refractivity contribution in [1.29, 1.82) is 0 Å². The molecule has 3 aromatic carbocycles. The second kappa shape index (κ2) is 9.47. The van der Waals surface area contributed by atoms with Crippen LogP contribution in [0.25, 0.3) is 0 Å². The number of anilines is 2. The average molecular weight is 415 g/mol. The van der Waals surface area contributed by atoms with Crippen molar-refractivity contribution in [1.82, 2.24) is 0 Å². The zero-order valence-electron chi connectivity index (χ0n) is 17.6. The normalized spacial score (nSPS) is 13.1. The Balaban J connectivity index is 1.53. The van der Waals surface area contributed by atoms with Crippen molar-refractivity contribution in [3.8, 4) is 5.75 Å². The van der Waals surface area contributed by atoms with Crippen LogP contribution < -0.4 is 15.0 Å². The van der Waals surface area contributed by atoms with E-state index in [1.54, 1.807) is 18.2 Å². The van der Waals surface area contributed by atoms with Crippen LogP contribution in [0.2, 0.25) is 0 Å². The maximum absolute atomic E-state index is 13.0. The van der Waals surface area contributed by atoms with E-state index in [9.17, 15) is 9.59 Å². The number of carbonyl (C=O) groups is 2. The van der Waals surface area contributed by atoms with E-state index in [4.69, 9.17) is 4.74 Å². The predicted molar refractivity (Wildman–Crippen MR) is 123 cm³/mol. The van der Waals surface area contributed by atoms with Crippen molar-refractivity contribution in [2.75, 3.05) is 23.3 Å². The topological polar surface area (TPSA) is 58.6 Å². The molecule has 158 valence electrons. The van der Waals surface area contributed by atoms with Crippen LogP contribution in [-0.4, -0.2) is 24.8 Å². The molecule has 0 radical (unpaired) electrons. The monoisotopic (exact) mass is 414 g/mol. The lowest BCUT2D eigenvalue weighted by molar-refractivity contribution is 0.101. The van der Waals surface area contributed by atoms with E-state index in [0.29, 0.717) is 29.2 Å². The summed E-state index contributed by atoms with van der Waals surface area (Å²) in [5.41, 5.74) is 3.50. The summed E-state index contributed by atoms with van der Waals surface area (Å²) in [6.45, 7) is 3.88. The Labute approximate surface area is 182 Å². The molecule has 4 rings (SSSR count). The summed E-state index contributed by atoms with van der Waals surface area (Å²) in [4.78, 5) is 27.6. The van der Waals surface area contributed by atoms with Gasteiger partial charge in [0.1, 0.15) is 12.4 Å². The zero-order valence-corrected chi connectivity index (χ0v) is 17.6. The molecule has 3 aromatic rings. The van der Waals surface area contributed by atoms with Crippen molar-refractivity contribution in [3.05, 3.63) is 89.5 Å². The zero-order chi connectivity index (χ0) is 21.6. The third-order valence-electron chi connectivity index (χ3n) is 5.47. The van der Waals surface area contributed by atoms with Gasteiger partial charge in [-0.1, -0.05) is 42.5 Å². The van der Waals surface area contributed by atoms with Crippen molar-refractivity contribution in [2.24, 2.45) is 0 Å². The van der Waals surface area contributed by atoms with Gasteiger partial charge in [-0.05, 0) is 55.7 Å². The third kappa shape index (κ3) is 4.94. The first kappa shape index (κ1) is 20.7. The van der Waals surface area contributed by atoms with E-state index in [0.717, 1.165) is 37.2 Å². The molecular formula is C26H26N2O3. The first-order valence-corrected chi connectivity index (χ1v) is 10.6. The number of ketones is 1. The summed E-state index contributed by atoms with van der Waals surface area (Å²) in [6, 6.07) is 22.6. The van der Waals surface area contributed by atoms with Crippen molar-refractivity contribution in [3.63, 3.8) is 0 Å². The Kier molecular flexibility index (Phi) is 6.32. The fraction of sp³-hybridized carbons (Fsp3) is 0.231. The number of amides is 1.